The fourth-order valence-corrected chi connectivity index (χ4v) is 5.87. The van der Waals surface area contributed by atoms with E-state index < -0.39 is 57.9 Å². The van der Waals surface area contributed by atoms with Gasteiger partial charge in [0, 0.05) is 46.8 Å². The molecule has 0 amide bonds. The minimum Gasteiger partial charge on any atom is -0.383 e. The van der Waals surface area contributed by atoms with Gasteiger partial charge in [-0.15, -0.1) is 0 Å². The number of sulfonamides is 1. The second-order valence-electron chi connectivity index (χ2n) is 9.55. The molecule has 236 valence electrons. The van der Waals surface area contributed by atoms with Gasteiger partial charge in [-0.25, -0.2) is 44.4 Å². The molecule has 18 heteroatoms. The van der Waals surface area contributed by atoms with Crippen LogP contribution in [0.15, 0.2) is 77.2 Å². The van der Waals surface area contributed by atoms with Crippen molar-refractivity contribution >= 4 is 58.1 Å². The van der Waals surface area contributed by atoms with Gasteiger partial charge in [0.05, 0.1) is 32.6 Å². The SMILES string of the molecule is CC(C)n1cc(C(=O)c2cncc(NS(=O)(=O)c3cc(F)cc(F)c3)c2)c2c(N)ncnc21.O=S(=O)(Cl)c1cc(F)cc(F)c1. The van der Waals surface area contributed by atoms with Crippen LogP contribution in [0.25, 0.3) is 11.0 Å². The molecule has 0 bridgehead atoms. The molecule has 0 saturated heterocycles. The number of nitrogens with two attached hydrogens (primary N) is 1. The highest BCUT2D eigenvalue weighted by Gasteiger charge is 2.23. The summed E-state index contributed by atoms with van der Waals surface area (Å²) >= 11 is 0. The van der Waals surface area contributed by atoms with Gasteiger partial charge in [0.15, 0.2) is 5.78 Å². The normalized spacial score (nSPS) is 11.7. The molecule has 0 spiro atoms. The van der Waals surface area contributed by atoms with Crippen molar-refractivity contribution in [3.63, 3.8) is 0 Å². The predicted molar refractivity (Wildman–Crippen MR) is 157 cm³/mol. The highest BCUT2D eigenvalue weighted by Crippen LogP contribution is 2.29. The number of hydrogen-bond donors (Lipinski definition) is 2. The van der Waals surface area contributed by atoms with E-state index >= 15 is 0 Å². The second kappa shape index (κ2) is 12.8. The fourth-order valence-electron chi connectivity index (χ4n) is 4.02. The number of anilines is 2. The van der Waals surface area contributed by atoms with Crippen molar-refractivity contribution in [1.29, 1.82) is 0 Å². The summed E-state index contributed by atoms with van der Waals surface area (Å²) in [6, 6.07) is 5.01. The van der Waals surface area contributed by atoms with Crippen LogP contribution in [0.4, 0.5) is 29.1 Å². The molecular formula is C27H21ClF4N6O5S2. The zero-order valence-corrected chi connectivity index (χ0v) is 25.4. The molecule has 0 saturated carbocycles. The van der Waals surface area contributed by atoms with Gasteiger partial charge in [0.2, 0.25) is 0 Å². The Bertz CT molecular complexity index is 2120. The van der Waals surface area contributed by atoms with E-state index in [2.05, 4.69) is 19.7 Å². The number of nitrogens with one attached hydrogen (secondary N) is 1. The molecule has 0 unspecified atom stereocenters. The van der Waals surface area contributed by atoms with Crippen molar-refractivity contribution in [2.75, 3.05) is 10.5 Å². The summed E-state index contributed by atoms with van der Waals surface area (Å²) < 4.78 is 102. The first-order valence-electron chi connectivity index (χ1n) is 12.5. The number of hydrogen-bond acceptors (Lipinski definition) is 9. The van der Waals surface area contributed by atoms with E-state index in [1.165, 1.54) is 24.8 Å². The van der Waals surface area contributed by atoms with Crippen LogP contribution in [0.1, 0.15) is 35.8 Å². The highest BCUT2D eigenvalue weighted by molar-refractivity contribution is 8.13. The molecule has 45 heavy (non-hydrogen) atoms. The van der Waals surface area contributed by atoms with Crippen molar-refractivity contribution in [2.24, 2.45) is 0 Å². The van der Waals surface area contributed by atoms with Crippen molar-refractivity contribution in [2.45, 2.75) is 29.7 Å². The first kappa shape index (κ1) is 33.3. The number of carbonyl (C=O) groups is 1. The van der Waals surface area contributed by atoms with Crippen LogP contribution >= 0.6 is 10.7 Å². The molecule has 0 atom stereocenters. The molecule has 5 aromatic rings. The predicted octanol–water partition coefficient (Wildman–Crippen LogP) is 5.19. The van der Waals surface area contributed by atoms with Gasteiger partial charge >= 0.3 is 0 Å². The van der Waals surface area contributed by atoms with Crippen LogP contribution < -0.4 is 10.5 Å². The maximum absolute atomic E-state index is 13.5. The van der Waals surface area contributed by atoms with E-state index in [-0.39, 0.29) is 28.7 Å². The third-order valence-electron chi connectivity index (χ3n) is 5.96. The zero-order chi connectivity index (χ0) is 33.3. The van der Waals surface area contributed by atoms with Gasteiger partial charge in [-0.3, -0.25) is 14.5 Å². The van der Waals surface area contributed by atoms with Crippen LogP contribution in [0.3, 0.4) is 0 Å². The molecule has 0 aliphatic carbocycles. The Morgan fingerprint density at radius 1 is 0.867 bits per heavy atom. The number of rotatable bonds is 7. The number of benzene rings is 2. The molecule has 0 aliphatic heterocycles. The molecule has 3 heterocycles. The fraction of sp³-hybridized carbons (Fsp3) is 0.111. The summed E-state index contributed by atoms with van der Waals surface area (Å²) in [7, 11) is -3.55. The van der Waals surface area contributed by atoms with Crippen molar-refractivity contribution in [3.8, 4) is 0 Å². The maximum Gasteiger partial charge on any atom is 0.262 e. The van der Waals surface area contributed by atoms with Crippen LogP contribution in [-0.4, -0.2) is 42.1 Å². The summed E-state index contributed by atoms with van der Waals surface area (Å²) in [5.41, 5.74) is 6.71. The first-order chi connectivity index (χ1) is 21.0. The van der Waals surface area contributed by atoms with Crippen molar-refractivity contribution in [1.82, 2.24) is 19.5 Å². The van der Waals surface area contributed by atoms with Gasteiger partial charge in [-0.1, -0.05) is 0 Å². The number of ketones is 1. The molecular weight excluding hydrogens is 664 g/mol. The Morgan fingerprint density at radius 2 is 1.42 bits per heavy atom. The summed E-state index contributed by atoms with van der Waals surface area (Å²) in [5, 5.41) is 0.373. The standard InChI is InChI=1S/C21H18F2N6O3S.C6H3ClF2O2S/c1-11(2)29-9-17(18-20(24)26-10-27-21(18)29)19(30)12-3-15(8-25-7-12)28-33(31,32)16-5-13(22)4-14(23)6-16;7-12(10,11)6-2-4(8)1-5(9)3-6/h3-11,28H,1-2H3,(H2,24,26,27);1-3H. The smallest absolute Gasteiger partial charge is 0.262 e. The second-order valence-corrected chi connectivity index (χ2v) is 13.8. The lowest BCUT2D eigenvalue weighted by Gasteiger charge is -2.09. The van der Waals surface area contributed by atoms with E-state index in [9.17, 15) is 39.2 Å². The Kier molecular flexibility index (Phi) is 9.46. The molecule has 2 aromatic carbocycles. The Morgan fingerprint density at radius 3 is 1.96 bits per heavy atom. The molecule has 0 radical (unpaired) electrons. The van der Waals surface area contributed by atoms with E-state index in [4.69, 9.17) is 16.4 Å². The minimum absolute atomic E-state index is 0.0220. The number of halogens is 5. The van der Waals surface area contributed by atoms with Crippen molar-refractivity contribution in [3.05, 3.63) is 102 Å². The molecule has 0 fully saturated rings. The van der Waals surface area contributed by atoms with Gasteiger partial charge in [-0.2, -0.15) is 0 Å². The van der Waals surface area contributed by atoms with E-state index in [1.54, 1.807) is 10.8 Å². The van der Waals surface area contributed by atoms with E-state index in [0.29, 0.717) is 47.4 Å². The molecule has 3 aromatic heterocycles. The number of pyridine rings is 1. The highest BCUT2D eigenvalue weighted by atomic mass is 35.7. The molecule has 11 nitrogen and oxygen atoms in total. The maximum atomic E-state index is 13.5. The Labute approximate surface area is 258 Å². The molecule has 5 rings (SSSR count). The van der Waals surface area contributed by atoms with Crippen LogP contribution in [-0.2, 0) is 19.1 Å². The quantitative estimate of drug-likeness (QED) is 0.133. The number of nitrogens with zero attached hydrogens (tertiary/aromatic N) is 4. The van der Waals surface area contributed by atoms with Crippen molar-refractivity contribution < 1.29 is 39.2 Å². The lowest BCUT2D eigenvalue weighted by atomic mass is 10.1. The Hall–Kier alpha value is -4.61. The van der Waals surface area contributed by atoms with E-state index in [1.807, 2.05) is 13.8 Å². The zero-order valence-electron chi connectivity index (χ0n) is 23.0. The average molecular weight is 685 g/mol. The topological polar surface area (TPSA) is 167 Å². The molecule has 3 N–H and O–H groups in total. The number of aromatic nitrogens is 4. The Balaban J connectivity index is 0.000000323. The summed E-state index contributed by atoms with van der Waals surface area (Å²) in [5.74, 6) is -4.40. The lowest BCUT2D eigenvalue weighted by Crippen LogP contribution is -2.14. The number of carbonyl (C=O) groups excluding carboxylic acids is 1. The number of fused-ring (bicyclic) bond motifs is 1. The minimum atomic E-state index is -4.34. The van der Waals surface area contributed by atoms with Crippen LogP contribution in [0.5, 0.6) is 0 Å². The largest absolute Gasteiger partial charge is 0.383 e. The number of nitrogen functional groups attached to an aromatic ring is 1. The first-order valence-corrected chi connectivity index (χ1v) is 16.3. The third-order valence-corrected chi connectivity index (χ3v) is 8.65. The lowest BCUT2D eigenvalue weighted by molar-refractivity contribution is 0.103. The summed E-state index contributed by atoms with van der Waals surface area (Å²) in [6.07, 6.45) is 5.34. The average Bonchev–Trinajstić information content (AvgIpc) is 3.33. The van der Waals surface area contributed by atoms with Gasteiger partial charge in [-0.05, 0) is 44.2 Å². The summed E-state index contributed by atoms with van der Waals surface area (Å²) in [4.78, 5) is 24.2. The summed E-state index contributed by atoms with van der Waals surface area (Å²) in [6.45, 7) is 3.83. The van der Waals surface area contributed by atoms with Gasteiger partial charge < -0.3 is 10.3 Å². The third kappa shape index (κ3) is 7.73. The van der Waals surface area contributed by atoms with Crippen LogP contribution in [0.2, 0.25) is 0 Å². The van der Waals surface area contributed by atoms with Crippen LogP contribution in [0, 0.1) is 23.3 Å². The monoisotopic (exact) mass is 684 g/mol. The van der Waals surface area contributed by atoms with E-state index in [0.717, 1.165) is 0 Å². The molecule has 0 aliphatic rings. The van der Waals surface area contributed by atoms with Gasteiger partial charge in [0.25, 0.3) is 19.1 Å². The van der Waals surface area contributed by atoms with Gasteiger partial charge in [0.1, 0.15) is 41.1 Å².